The first-order chi connectivity index (χ1) is 16.1. The summed E-state index contributed by atoms with van der Waals surface area (Å²) in [6.07, 6.45) is -5.31. The van der Waals surface area contributed by atoms with Crippen molar-refractivity contribution in [2.24, 2.45) is 0 Å². The molecule has 2 heterocycles. The molecule has 0 amide bonds. The molecule has 11 nitrogen and oxygen atoms in total. The number of cyclic esters (lactones) is 1. The van der Waals surface area contributed by atoms with E-state index in [-0.39, 0.29) is 37.2 Å². The van der Waals surface area contributed by atoms with E-state index < -0.39 is 49.3 Å². The van der Waals surface area contributed by atoms with Crippen molar-refractivity contribution in [1.29, 1.82) is 0 Å². The predicted octanol–water partition coefficient (Wildman–Crippen LogP) is -0.00828. The Morgan fingerprint density at radius 3 is 2.53 bits per heavy atom. The SMILES string of the molecule is COc1c(C)c2c(c(O)c1C/C=C(\C)CCC(=O)OC1OC(CO)C(O)C(O)C1O)C(=O)OC2. The third-order valence-corrected chi connectivity index (χ3v) is 6.12. The molecule has 3 rings (SSSR count). The first-order valence-electron chi connectivity index (χ1n) is 10.8. The first-order valence-corrected chi connectivity index (χ1v) is 10.8. The van der Waals surface area contributed by atoms with E-state index in [4.69, 9.17) is 18.9 Å². The summed E-state index contributed by atoms with van der Waals surface area (Å²) in [6, 6.07) is 0. The topological polar surface area (TPSA) is 172 Å². The molecular formula is C23H30O11. The van der Waals surface area contributed by atoms with Crippen molar-refractivity contribution in [3.05, 3.63) is 33.9 Å². The maximum Gasteiger partial charge on any atom is 0.342 e. The summed E-state index contributed by atoms with van der Waals surface area (Å²) in [4.78, 5) is 24.2. The monoisotopic (exact) mass is 482 g/mol. The Kier molecular flexibility index (Phi) is 8.16. The van der Waals surface area contributed by atoms with Crippen LogP contribution in [0.1, 0.15) is 46.8 Å². The summed E-state index contributed by atoms with van der Waals surface area (Å²) in [5, 5.41) is 49.4. The Bertz CT molecular complexity index is 968. The number of phenolic OH excluding ortho intramolecular Hbond substituents is 1. The third-order valence-electron chi connectivity index (χ3n) is 6.12. The van der Waals surface area contributed by atoms with Crippen LogP contribution in [0.4, 0.5) is 0 Å². The Hall–Kier alpha value is -2.70. The Labute approximate surface area is 196 Å². The predicted molar refractivity (Wildman–Crippen MR) is 115 cm³/mol. The van der Waals surface area contributed by atoms with Gasteiger partial charge in [0.25, 0.3) is 0 Å². The number of rotatable bonds is 8. The number of allylic oxidation sites excluding steroid dienone is 2. The minimum atomic E-state index is -1.66. The van der Waals surface area contributed by atoms with Crippen LogP contribution in [0, 0.1) is 6.92 Å². The molecule has 5 atom stereocenters. The van der Waals surface area contributed by atoms with E-state index in [1.165, 1.54) is 7.11 Å². The van der Waals surface area contributed by atoms with Gasteiger partial charge in [-0.3, -0.25) is 4.79 Å². The molecule has 2 aliphatic heterocycles. The zero-order valence-corrected chi connectivity index (χ0v) is 19.2. The highest BCUT2D eigenvalue weighted by Crippen LogP contribution is 2.42. The normalized spacial score (nSPS) is 26.7. The number of esters is 2. The highest BCUT2D eigenvalue weighted by molar-refractivity contribution is 5.98. The smallest absolute Gasteiger partial charge is 0.342 e. The molecule has 188 valence electrons. The number of ether oxygens (including phenoxy) is 4. The van der Waals surface area contributed by atoms with Gasteiger partial charge >= 0.3 is 11.9 Å². The standard InChI is InChI=1S/C23H30O11/c1-10(5-7-15(25)34-23-20(29)19(28)18(27)14(8-24)33-23)4-6-12-17(26)16-13(9-32-22(16)30)11(2)21(12)31-3/h4,14,18-20,23-24,26-29H,5-9H2,1-3H3/b10-4+. The van der Waals surface area contributed by atoms with E-state index in [1.54, 1.807) is 19.9 Å². The van der Waals surface area contributed by atoms with E-state index in [1.807, 2.05) is 0 Å². The van der Waals surface area contributed by atoms with Gasteiger partial charge < -0.3 is 44.5 Å². The third kappa shape index (κ3) is 5.03. The summed E-state index contributed by atoms with van der Waals surface area (Å²) >= 11 is 0. The Morgan fingerprint density at radius 2 is 1.88 bits per heavy atom. The lowest BCUT2D eigenvalue weighted by atomic mass is 9.94. The van der Waals surface area contributed by atoms with Gasteiger partial charge in [-0.25, -0.2) is 4.79 Å². The molecular weight excluding hydrogens is 452 g/mol. The van der Waals surface area contributed by atoms with E-state index in [9.17, 15) is 35.1 Å². The molecule has 34 heavy (non-hydrogen) atoms. The number of carbonyl (C=O) groups excluding carboxylic acids is 2. The van der Waals surface area contributed by atoms with Gasteiger partial charge in [0, 0.05) is 17.5 Å². The molecule has 0 bridgehead atoms. The van der Waals surface area contributed by atoms with Gasteiger partial charge in [-0.05, 0) is 32.3 Å². The largest absolute Gasteiger partial charge is 0.507 e. The van der Waals surface area contributed by atoms with Gasteiger partial charge in [-0.15, -0.1) is 0 Å². The second kappa shape index (κ2) is 10.7. The number of aliphatic hydroxyl groups is 4. The maximum atomic E-state index is 12.2. The van der Waals surface area contributed by atoms with Crippen LogP contribution in [0.15, 0.2) is 11.6 Å². The molecule has 1 saturated heterocycles. The Morgan fingerprint density at radius 1 is 1.18 bits per heavy atom. The molecule has 0 radical (unpaired) electrons. The van der Waals surface area contributed by atoms with Gasteiger partial charge in [0.15, 0.2) is 0 Å². The van der Waals surface area contributed by atoms with Crippen LogP contribution < -0.4 is 4.74 Å². The summed E-state index contributed by atoms with van der Waals surface area (Å²) in [5.74, 6) is -1.03. The molecule has 1 fully saturated rings. The second-order valence-corrected chi connectivity index (χ2v) is 8.36. The molecule has 1 aromatic rings. The van der Waals surface area contributed by atoms with E-state index in [2.05, 4.69) is 0 Å². The van der Waals surface area contributed by atoms with Gasteiger partial charge in [-0.1, -0.05) is 11.6 Å². The molecule has 5 unspecified atom stereocenters. The maximum absolute atomic E-state index is 12.2. The summed E-state index contributed by atoms with van der Waals surface area (Å²) in [5.41, 5.74) is 2.67. The number of benzene rings is 1. The van der Waals surface area contributed by atoms with Gasteiger partial charge in [0.2, 0.25) is 6.29 Å². The van der Waals surface area contributed by atoms with Crippen molar-refractivity contribution >= 4 is 11.9 Å². The van der Waals surface area contributed by atoms with Crippen LogP contribution in [0.3, 0.4) is 0 Å². The quantitative estimate of drug-likeness (QED) is 0.249. The number of carbonyl (C=O) groups is 2. The molecule has 2 aliphatic rings. The summed E-state index contributed by atoms with van der Waals surface area (Å²) < 4.78 is 20.7. The molecule has 0 aromatic heterocycles. The van der Waals surface area contributed by atoms with Crippen molar-refractivity contribution in [3.8, 4) is 11.5 Å². The lowest BCUT2D eigenvalue weighted by Gasteiger charge is -2.39. The van der Waals surface area contributed by atoms with Gasteiger partial charge in [-0.2, -0.15) is 0 Å². The second-order valence-electron chi connectivity index (χ2n) is 8.36. The first kappa shape index (κ1) is 25.9. The van der Waals surface area contributed by atoms with E-state index in [0.29, 0.717) is 22.4 Å². The van der Waals surface area contributed by atoms with Gasteiger partial charge in [0.05, 0.1) is 13.7 Å². The van der Waals surface area contributed by atoms with Crippen molar-refractivity contribution in [3.63, 3.8) is 0 Å². The summed E-state index contributed by atoms with van der Waals surface area (Å²) in [7, 11) is 1.47. The van der Waals surface area contributed by atoms with Gasteiger partial charge in [0.1, 0.15) is 48.1 Å². The minimum Gasteiger partial charge on any atom is -0.507 e. The molecule has 1 aromatic carbocycles. The van der Waals surface area contributed by atoms with Crippen molar-refractivity contribution in [2.45, 2.75) is 70.4 Å². The molecule has 0 saturated carbocycles. The molecule has 0 aliphatic carbocycles. The zero-order valence-electron chi connectivity index (χ0n) is 19.2. The minimum absolute atomic E-state index is 0.0734. The molecule has 5 N–H and O–H groups in total. The lowest BCUT2D eigenvalue weighted by Crippen LogP contribution is -2.59. The number of aliphatic hydroxyl groups excluding tert-OH is 4. The van der Waals surface area contributed by atoms with Crippen LogP contribution in [-0.2, 0) is 32.0 Å². The number of aromatic hydroxyl groups is 1. The van der Waals surface area contributed by atoms with Crippen LogP contribution in [0.25, 0.3) is 0 Å². The fourth-order valence-electron chi connectivity index (χ4n) is 4.06. The molecule has 0 spiro atoms. The van der Waals surface area contributed by atoms with Crippen molar-refractivity contribution < 1.29 is 54.1 Å². The van der Waals surface area contributed by atoms with Crippen LogP contribution in [0.2, 0.25) is 0 Å². The van der Waals surface area contributed by atoms with Crippen LogP contribution in [-0.4, -0.2) is 81.9 Å². The number of fused-ring (bicyclic) bond motifs is 1. The van der Waals surface area contributed by atoms with Crippen LogP contribution in [0.5, 0.6) is 11.5 Å². The van der Waals surface area contributed by atoms with E-state index >= 15 is 0 Å². The average molecular weight is 482 g/mol. The number of hydrogen-bond acceptors (Lipinski definition) is 11. The Balaban J connectivity index is 1.62. The fourth-order valence-corrected chi connectivity index (χ4v) is 4.06. The fraction of sp³-hybridized carbons (Fsp3) is 0.565. The molecule has 11 heteroatoms. The number of phenols is 1. The number of methoxy groups -OCH3 is 1. The van der Waals surface area contributed by atoms with Crippen molar-refractivity contribution in [1.82, 2.24) is 0 Å². The summed E-state index contributed by atoms with van der Waals surface area (Å²) in [6.45, 7) is 3.01. The van der Waals surface area contributed by atoms with E-state index in [0.717, 1.165) is 5.57 Å². The number of hydrogen-bond donors (Lipinski definition) is 5. The highest BCUT2D eigenvalue weighted by atomic mass is 16.7. The van der Waals surface area contributed by atoms with Crippen LogP contribution >= 0.6 is 0 Å². The van der Waals surface area contributed by atoms with Crippen molar-refractivity contribution in [2.75, 3.05) is 13.7 Å². The zero-order chi connectivity index (χ0) is 25.2. The lowest BCUT2D eigenvalue weighted by molar-refractivity contribution is -0.292. The highest BCUT2D eigenvalue weighted by Gasteiger charge is 2.45. The average Bonchev–Trinajstić information content (AvgIpc) is 3.21.